The van der Waals surface area contributed by atoms with Gasteiger partial charge in [0.15, 0.2) is 5.60 Å². The van der Waals surface area contributed by atoms with Crippen LogP contribution in [0.4, 0.5) is 4.79 Å². The Hall–Kier alpha value is -2.59. The lowest BCUT2D eigenvalue weighted by Gasteiger charge is -2.37. The highest BCUT2D eigenvalue weighted by atomic mass is 16.6. The average Bonchev–Trinajstić information content (AvgIpc) is 3.02. The fourth-order valence-corrected chi connectivity index (χ4v) is 4.14. The van der Waals surface area contributed by atoms with Gasteiger partial charge in [0.2, 0.25) is 0 Å². The molecule has 1 fully saturated rings. The van der Waals surface area contributed by atoms with Crippen molar-refractivity contribution < 1.29 is 14.6 Å². The number of carbonyl (C=O) groups excluding carboxylic acids is 1. The van der Waals surface area contributed by atoms with E-state index in [-0.39, 0.29) is 24.0 Å². The summed E-state index contributed by atoms with van der Waals surface area (Å²) in [5.74, 6) is 0.244. The summed E-state index contributed by atoms with van der Waals surface area (Å²) in [5.41, 5.74) is 0.170. The van der Waals surface area contributed by atoms with Crippen molar-refractivity contribution in [3.05, 3.63) is 84.1 Å². The molecule has 1 aliphatic rings. The first-order chi connectivity index (χ1) is 14.2. The molecule has 4 heteroatoms. The van der Waals surface area contributed by atoms with Crippen LogP contribution in [0.3, 0.4) is 0 Å². The summed E-state index contributed by atoms with van der Waals surface area (Å²) in [6.07, 6.45) is 3.75. The predicted molar refractivity (Wildman–Crippen MR) is 120 cm³/mol. The second kappa shape index (κ2) is 8.65. The first-order valence-electron chi connectivity index (χ1n) is 10.7. The van der Waals surface area contributed by atoms with E-state index in [1.807, 2.05) is 87.5 Å². The van der Waals surface area contributed by atoms with Crippen LogP contribution in [0.15, 0.2) is 72.9 Å². The van der Waals surface area contributed by atoms with Crippen LogP contribution in [-0.2, 0) is 10.3 Å². The fraction of sp³-hybridized carbons (Fsp3) is 0.423. The number of benzene rings is 2. The van der Waals surface area contributed by atoms with Crippen molar-refractivity contribution in [2.75, 3.05) is 0 Å². The first-order valence-corrected chi connectivity index (χ1v) is 10.7. The molecule has 0 aliphatic carbocycles. The third-order valence-electron chi connectivity index (χ3n) is 6.25. The summed E-state index contributed by atoms with van der Waals surface area (Å²) in [4.78, 5) is 14.8. The Morgan fingerprint density at radius 2 is 1.53 bits per heavy atom. The van der Waals surface area contributed by atoms with Crippen LogP contribution in [-0.4, -0.2) is 27.7 Å². The minimum atomic E-state index is -0.904. The fourth-order valence-electron chi connectivity index (χ4n) is 4.14. The maximum absolute atomic E-state index is 13.1. The number of hydrogen-bond donors (Lipinski definition) is 1. The van der Waals surface area contributed by atoms with Gasteiger partial charge in [-0.25, -0.2) is 4.79 Å². The Morgan fingerprint density at radius 1 is 1.03 bits per heavy atom. The van der Waals surface area contributed by atoms with E-state index in [2.05, 4.69) is 13.8 Å². The number of amides is 1. The van der Waals surface area contributed by atoms with E-state index in [1.54, 1.807) is 11.1 Å². The summed E-state index contributed by atoms with van der Waals surface area (Å²) < 4.78 is 6.21. The van der Waals surface area contributed by atoms with Crippen molar-refractivity contribution in [3.63, 3.8) is 0 Å². The molecular weight excluding hydrogens is 374 g/mol. The number of nitrogens with zero attached hydrogens (tertiary/aromatic N) is 1. The summed E-state index contributed by atoms with van der Waals surface area (Å²) in [7, 11) is 0. The van der Waals surface area contributed by atoms with E-state index in [1.165, 1.54) is 0 Å². The SMILES string of the molecule is CC(C)[C@@H]1N(/C=C\C[C@](C)(O)C(C)C)C(=O)OC1(c1ccccc1)c1ccccc1. The first kappa shape index (κ1) is 22.1. The molecule has 0 bridgehead atoms. The van der Waals surface area contributed by atoms with Gasteiger partial charge >= 0.3 is 6.09 Å². The van der Waals surface area contributed by atoms with Crippen LogP contribution in [0, 0.1) is 11.8 Å². The van der Waals surface area contributed by atoms with Crippen LogP contribution in [0.1, 0.15) is 52.2 Å². The van der Waals surface area contributed by atoms with E-state index in [9.17, 15) is 9.90 Å². The molecule has 1 N–H and O–H groups in total. The van der Waals surface area contributed by atoms with E-state index in [0.29, 0.717) is 6.42 Å². The van der Waals surface area contributed by atoms with Crippen molar-refractivity contribution in [1.29, 1.82) is 0 Å². The molecule has 0 unspecified atom stereocenters. The zero-order valence-electron chi connectivity index (χ0n) is 18.6. The quantitative estimate of drug-likeness (QED) is 0.639. The van der Waals surface area contributed by atoms with Gasteiger partial charge in [0.1, 0.15) is 0 Å². The van der Waals surface area contributed by atoms with Gasteiger partial charge in [0, 0.05) is 17.3 Å². The topological polar surface area (TPSA) is 49.8 Å². The molecule has 2 atom stereocenters. The van der Waals surface area contributed by atoms with Gasteiger partial charge in [-0.2, -0.15) is 0 Å². The molecule has 2 aromatic carbocycles. The summed E-state index contributed by atoms with van der Waals surface area (Å²) in [5, 5.41) is 10.6. The molecule has 0 aromatic heterocycles. The van der Waals surface area contributed by atoms with Gasteiger partial charge in [-0.3, -0.25) is 4.90 Å². The summed E-state index contributed by atoms with van der Waals surface area (Å²) >= 11 is 0. The molecule has 1 aliphatic heterocycles. The largest absolute Gasteiger partial charge is 0.430 e. The monoisotopic (exact) mass is 407 g/mol. The van der Waals surface area contributed by atoms with Gasteiger partial charge in [0.25, 0.3) is 0 Å². The number of rotatable bonds is 7. The minimum absolute atomic E-state index is 0.112. The number of hydrogen-bond acceptors (Lipinski definition) is 3. The van der Waals surface area contributed by atoms with Crippen molar-refractivity contribution in [2.45, 2.75) is 58.3 Å². The lowest BCUT2D eigenvalue weighted by atomic mass is 9.76. The molecule has 4 nitrogen and oxygen atoms in total. The lowest BCUT2D eigenvalue weighted by Crippen LogP contribution is -2.46. The predicted octanol–water partition coefficient (Wildman–Crippen LogP) is 5.72. The third-order valence-corrected chi connectivity index (χ3v) is 6.25. The third kappa shape index (κ3) is 4.01. The Bertz CT molecular complexity index is 832. The maximum atomic E-state index is 13.1. The standard InChI is InChI=1S/C26H33NO3/c1-19(2)23-26(21-13-8-6-9-14-21,22-15-10-7-11-16-22)30-24(28)27(23)18-12-17-25(5,29)20(3)4/h6-16,18-20,23,29H,17H2,1-5H3/b18-12-/t23-,25-/m0/s1. The van der Waals surface area contributed by atoms with Gasteiger partial charge in [-0.15, -0.1) is 0 Å². The van der Waals surface area contributed by atoms with Gasteiger partial charge in [-0.05, 0) is 25.2 Å². The molecule has 30 heavy (non-hydrogen) atoms. The number of aliphatic hydroxyl groups is 1. The van der Waals surface area contributed by atoms with Gasteiger partial charge in [0.05, 0.1) is 11.6 Å². The molecule has 160 valence electrons. The number of carbonyl (C=O) groups is 1. The Morgan fingerprint density at radius 3 is 1.97 bits per heavy atom. The second-order valence-electron chi connectivity index (χ2n) is 9.03. The highest BCUT2D eigenvalue weighted by molar-refractivity contribution is 5.75. The Balaban J connectivity index is 2.07. The Labute approximate surface area is 180 Å². The zero-order valence-corrected chi connectivity index (χ0v) is 18.6. The van der Waals surface area contributed by atoms with Gasteiger partial charge in [-0.1, -0.05) is 94.4 Å². The van der Waals surface area contributed by atoms with Crippen LogP contribution in [0.25, 0.3) is 0 Å². The second-order valence-corrected chi connectivity index (χ2v) is 9.03. The maximum Gasteiger partial charge on any atom is 0.415 e. The van der Waals surface area contributed by atoms with E-state index < -0.39 is 11.2 Å². The highest BCUT2D eigenvalue weighted by Crippen LogP contribution is 2.47. The van der Waals surface area contributed by atoms with E-state index >= 15 is 0 Å². The number of cyclic esters (lactones) is 1. The van der Waals surface area contributed by atoms with Crippen LogP contribution in [0.5, 0.6) is 0 Å². The highest BCUT2D eigenvalue weighted by Gasteiger charge is 2.56. The van der Waals surface area contributed by atoms with Crippen molar-refractivity contribution in [1.82, 2.24) is 4.90 Å². The van der Waals surface area contributed by atoms with E-state index in [0.717, 1.165) is 11.1 Å². The smallest absolute Gasteiger partial charge is 0.415 e. The van der Waals surface area contributed by atoms with Crippen LogP contribution in [0.2, 0.25) is 0 Å². The van der Waals surface area contributed by atoms with Crippen molar-refractivity contribution in [3.8, 4) is 0 Å². The number of ether oxygens (including phenoxy) is 1. The molecule has 0 radical (unpaired) electrons. The van der Waals surface area contributed by atoms with Gasteiger partial charge < -0.3 is 9.84 Å². The van der Waals surface area contributed by atoms with Crippen molar-refractivity contribution in [2.24, 2.45) is 11.8 Å². The zero-order chi connectivity index (χ0) is 21.9. The van der Waals surface area contributed by atoms with Crippen LogP contribution >= 0.6 is 0 Å². The summed E-state index contributed by atoms with van der Waals surface area (Å²) in [6.45, 7) is 10.0. The molecule has 1 amide bonds. The van der Waals surface area contributed by atoms with E-state index in [4.69, 9.17) is 4.74 Å². The molecule has 3 rings (SSSR count). The Kier molecular flexibility index (Phi) is 6.37. The molecule has 0 spiro atoms. The lowest BCUT2D eigenvalue weighted by molar-refractivity contribution is 0.0162. The molecular formula is C26H33NO3. The molecule has 0 saturated carbocycles. The molecule has 1 heterocycles. The average molecular weight is 408 g/mol. The normalized spacial score (nSPS) is 20.7. The minimum Gasteiger partial charge on any atom is -0.430 e. The van der Waals surface area contributed by atoms with Crippen LogP contribution < -0.4 is 0 Å². The molecule has 2 aromatic rings. The summed E-state index contributed by atoms with van der Waals surface area (Å²) in [6, 6.07) is 19.7. The molecule has 1 saturated heterocycles. The van der Waals surface area contributed by atoms with Crippen molar-refractivity contribution >= 4 is 6.09 Å².